The number of benzene rings is 1. The normalized spacial score (nSPS) is 14.3. The standard InChI is InChI=1S/C18H15F3N4S/c19-18(20,21)13-4-5-15-12(9-13)3-1-8-25(15)10-14-11-26-17(24-14)16-22-6-2-7-23-16/h2,4-7,9,11H,1,3,8,10H2. The Morgan fingerprint density at radius 3 is 2.73 bits per heavy atom. The van der Waals surface area contributed by atoms with Gasteiger partial charge in [0.2, 0.25) is 0 Å². The fourth-order valence-electron chi connectivity index (χ4n) is 3.10. The van der Waals surface area contributed by atoms with Gasteiger partial charge in [0.1, 0.15) is 0 Å². The van der Waals surface area contributed by atoms with E-state index in [1.165, 1.54) is 17.4 Å². The van der Waals surface area contributed by atoms with Crippen LogP contribution in [-0.4, -0.2) is 21.5 Å². The number of aromatic nitrogens is 3. The molecule has 1 aromatic carbocycles. The highest BCUT2D eigenvalue weighted by Crippen LogP contribution is 2.35. The quantitative estimate of drug-likeness (QED) is 0.671. The van der Waals surface area contributed by atoms with Gasteiger partial charge in [0.15, 0.2) is 10.8 Å². The fourth-order valence-corrected chi connectivity index (χ4v) is 3.86. The Labute approximate surface area is 152 Å². The van der Waals surface area contributed by atoms with Crippen molar-refractivity contribution in [2.45, 2.75) is 25.6 Å². The van der Waals surface area contributed by atoms with Crippen LogP contribution < -0.4 is 4.90 Å². The molecule has 0 atom stereocenters. The number of thiazole rings is 1. The lowest BCUT2D eigenvalue weighted by Gasteiger charge is -2.31. The monoisotopic (exact) mass is 376 g/mol. The Kier molecular flexibility index (Phi) is 4.36. The zero-order valence-electron chi connectivity index (χ0n) is 13.7. The Morgan fingerprint density at radius 2 is 1.96 bits per heavy atom. The van der Waals surface area contributed by atoms with Gasteiger partial charge in [-0.1, -0.05) is 0 Å². The van der Waals surface area contributed by atoms with E-state index in [1.54, 1.807) is 24.5 Å². The van der Waals surface area contributed by atoms with Crippen LogP contribution in [0, 0.1) is 0 Å². The number of aryl methyl sites for hydroxylation is 1. The van der Waals surface area contributed by atoms with Gasteiger partial charge in [0, 0.05) is 30.0 Å². The molecule has 0 spiro atoms. The van der Waals surface area contributed by atoms with Crippen LogP contribution in [0.3, 0.4) is 0 Å². The summed E-state index contributed by atoms with van der Waals surface area (Å²) in [7, 11) is 0. The molecule has 0 N–H and O–H groups in total. The van der Waals surface area contributed by atoms with Crippen molar-refractivity contribution in [3.8, 4) is 10.8 Å². The van der Waals surface area contributed by atoms with Crippen molar-refractivity contribution in [1.29, 1.82) is 0 Å². The highest BCUT2D eigenvalue weighted by atomic mass is 32.1. The highest BCUT2D eigenvalue weighted by Gasteiger charge is 2.32. The Balaban J connectivity index is 1.57. The molecule has 1 aliphatic heterocycles. The van der Waals surface area contributed by atoms with Gasteiger partial charge < -0.3 is 4.90 Å². The first-order chi connectivity index (χ1) is 12.5. The molecule has 4 nitrogen and oxygen atoms in total. The number of halogens is 3. The average molecular weight is 376 g/mol. The Morgan fingerprint density at radius 1 is 1.15 bits per heavy atom. The summed E-state index contributed by atoms with van der Waals surface area (Å²) in [4.78, 5) is 15.1. The molecule has 0 amide bonds. The van der Waals surface area contributed by atoms with Gasteiger partial charge in [-0.05, 0) is 42.7 Å². The lowest BCUT2D eigenvalue weighted by atomic mass is 9.99. The van der Waals surface area contributed by atoms with Crippen molar-refractivity contribution in [2.75, 3.05) is 11.4 Å². The van der Waals surface area contributed by atoms with E-state index >= 15 is 0 Å². The lowest BCUT2D eigenvalue weighted by molar-refractivity contribution is -0.137. The van der Waals surface area contributed by atoms with Crippen molar-refractivity contribution in [2.24, 2.45) is 0 Å². The third-order valence-electron chi connectivity index (χ3n) is 4.28. The number of fused-ring (bicyclic) bond motifs is 1. The van der Waals surface area contributed by atoms with Crippen LogP contribution in [0.15, 0.2) is 42.0 Å². The molecular weight excluding hydrogens is 361 g/mol. The second-order valence-electron chi connectivity index (χ2n) is 6.08. The van der Waals surface area contributed by atoms with Crippen molar-refractivity contribution in [3.63, 3.8) is 0 Å². The zero-order valence-corrected chi connectivity index (χ0v) is 14.5. The summed E-state index contributed by atoms with van der Waals surface area (Å²) in [5.41, 5.74) is 1.88. The molecule has 0 saturated heterocycles. The summed E-state index contributed by atoms with van der Waals surface area (Å²) in [6.45, 7) is 1.36. The number of nitrogens with zero attached hydrogens (tertiary/aromatic N) is 4. The molecule has 8 heteroatoms. The number of hydrogen-bond acceptors (Lipinski definition) is 5. The molecule has 0 unspecified atom stereocenters. The topological polar surface area (TPSA) is 41.9 Å². The second kappa shape index (κ2) is 6.68. The van der Waals surface area contributed by atoms with Gasteiger partial charge in [-0.15, -0.1) is 11.3 Å². The van der Waals surface area contributed by atoms with Crippen molar-refractivity contribution >= 4 is 17.0 Å². The van der Waals surface area contributed by atoms with E-state index in [4.69, 9.17) is 0 Å². The van der Waals surface area contributed by atoms with Crippen LogP contribution in [0.1, 0.15) is 23.2 Å². The van der Waals surface area contributed by atoms with Crippen LogP contribution >= 0.6 is 11.3 Å². The van der Waals surface area contributed by atoms with E-state index in [0.717, 1.165) is 41.0 Å². The zero-order chi connectivity index (χ0) is 18.1. The van der Waals surface area contributed by atoms with Gasteiger partial charge in [-0.3, -0.25) is 0 Å². The molecule has 2 aromatic heterocycles. The molecule has 0 aliphatic carbocycles. The summed E-state index contributed by atoms with van der Waals surface area (Å²) in [5, 5.41) is 2.69. The molecule has 134 valence electrons. The van der Waals surface area contributed by atoms with Crippen molar-refractivity contribution in [1.82, 2.24) is 15.0 Å². The van der Waals surface area contributed by atoms with E-state index in [0.29, 0.717) is 18.8 Å². The molecular formula is C18H15F3N4S. The maximum absolute atomic E-state index is 12.9. The number of alkyl halides is 3. The van der Waals surface area contributed by atoms with Gasteiger partial charge in [0.25, 0.3) is 0 Å². The van der Waals surface area contributed by atoms with Gasteiger partial charge in [-0.25, -0.2) is 15.0 Å². The number of hydrogen-bond donors (Lipinski definition) is 0. The van der Waals surface area contributed by atoms with Crippen molar-refractivity contribution < 1.29 is 13.2 Å². The molecule has 3 aromatic rings. The van der Waals surface area contributed by atoms with E-state index in [2.05, 4.69) is 19.9 Å². The maximum atomic E-state index is 12.9. The summed E-state index contributed by atoms with van der Waals surface area (Å²) >= 11 is 1.47. The minimum absolute atomic E-state index is 0.557. The molecule has 26 heavy (non-hydrogen) atoms. The van der Waals surface area contributed by atoms with Crippen LogP contribution in [0.2, 0.25) is 0 Å². The fraction of sp³-hybridized carbons (Fsp3) is 0.278. The van der Waals surface area contributed by atoms with E-state index in [-0.39, 0.29) is 0 Å². The van der Waals surface area contributed by atoms with E-state index in [9.17, 15) is 13.2 Å². The van der Waals surface area contributed by atoms with Crippen LogP contribution in [-0.2, 0) is 19.1 Å². The largest absolute Gasteiger partial charge is 0.416 e. The van der Waals surface area contributed by atoms with Crippen LogP contribution in [0.4, 0.5) is 18.9 Å². The van der Waals surface area contributed by atoms with E-state index in [1.807, 2.05) is 5.38 Å². The highest BCUT2D eigenvalue weighted by molar-refractivity contribution is 7.13. The minimum Gasteiger partial charge on any atom is -0.365 e. The first-order valence-electron chi connectivity index (χ1n) is 8.17. The number of rotatable bonds is 3. The maximum Gasteiger partial charge on any atom is 0.416 e. The molecule has 0 bridgehead atoms. The van der Waals surface area contributed by atoms with Crippen molar-refractivity contribution in [3.05, 3.63) is 58.9 Å². The molecule has 1 aliphatic rings. The SMILES string of the molecule is FC(F)(F)c1ccc2c(c1)CCCN2Cc1csc(-c2ncccn2)n1. The summed E-state index contributed by atoms with van der Waals surface area (Å²) in [6.07, 6.45) is 0.519. The second-order valence-corrected chi connectivity index (χ2v) is 6.94. The summed E-state index contributed by atoms with van der Waals surface area (Å²) < 4.78 is 38.8. The molecule has 0 saturated carbocycles. The number of anilines is 1. The molecule has 4 rings (SSSR count). The first kappa shape index (κ1) is 17.0. The molecule has 0 fully saturated rings. The summed E-state index contributed by atoms with van der Waals surface area (Å²) in [5.74, 6) is 0.581. The van der Waals surface area contributed by atoms with Gasteiger partial charge in [0.05, 0.1) is 17.8 Å². The lowest BCUT2D eigenvalue weighted by Crippen LogP contribution is -2.29. The predicted molar refractivity (Wildman–Crippen MR) is 94.0 cm³/mol. The third-order valence-corrected chi connectivity index (χ3v) is 5.17. The third kappa shape index (κ3) is 3.41. The molecule has 3 heterocycles. The smallest absolute Gasteiger partial charge is 0.365 e. The Bertz CT molecular complexity index is 908. The molecule has 0 radical (unpaired) electrons. The van der Waals surface area contributed by atoms with E-state index < -0.39 is 11.7 Å². The average Bonchev–Trinajstić information content (AvgIpc) is 3.10. The minimum atomic E-state index is -4.31. The van der Waals surface area contributed by atoms with Crippen LogP contribution in [0.5, 0.6) is 0 Å². The van der Waals surface area contributed by atoms with Crippen LogP contribution in [0.25, 0.3) is 10.8 Å². The summed E-state index contributed by atoms with van der Waals surface area (Å²) in [6, 6.07) is 5.75. The van der Waals surface area contributed by atoms with Gasteiger partial charge in [-0.2, -0.15) is 13.2 Å². The Hall–Kier alpha value is -2.48. The van der Waals surface area contributed by atoms with Gasteiger partial charge >= 0.3 is 6.18 Å². The predicted octanol–water partition coefficient (Wildman–Crippen LogP) is 4.57. The first-order valence-corrected chi connectivity index (χ1v) is 9.05.